The van der Waals surface area contributed by atoms with Gasteiger partial charge in [0.05, 0.1) is 5.75 Å². The number of nitrogens with one attached hydrogen (secondary N) is 1. The van der Waals surface area contributed by atoms with Crippen LogP contribution in [0.2, 0.25) is 5.15 Å². The number of halogens is 1. The van der Waals surface area contributed by atoms with Gasteiger partial charge in [-0.2, -0.15) is 0 Å². The summed E-state index contributed by atoms with van der Waals surface area (Å²) in [7, 11) is 0. The van der Waals surface area contributed by atoms with Gasteiger partial charge in [0.2, 0.25) is 12.7 Å². The number of ether oxygens (including phenoxy) is 2. The summed E-state index contributed by atoms with van der Waals surface area (Å²) in [6, 6.07) is 13.8. The molecule has 5 rings (SSSR count). The first-order valence-corrected chi connectivity index (χ1v) is 13.2. The molecule has 1 aromatic heterocycles. The van der Waals surface area contributed by atoms with Gasteiger partial charge in [0, 0.05) is 44.5 Å². The second kappa shape index (κ2) is 10.9. The molecular weight excluding hydrogens is 498 g/mol. The first-order chi connectivity index (χ1) is 17.4. The molecule has 1 N–H and O–H groups in total. The van der Waals surface area contributed by atoms with Crippen molar-refractivity contribution >= 4 is 40.8 Å². The molecule has 8 nitrogen and oxygen atoms in total. The van der Waals surface area contributed by atoms with E-state index in [1.807, 2.05) is 38.1 Å². The van der Waals surface area contributed by atoms with Gasteiger partial charge in [0.25, 0.3) is 0 Å². The molecule has 1 saturated heterocycles. The molecule has 2 aromatic carbocycles. The Balaban J connectivity index is 1.14. The number of nitrogens with zero attached hydrogens (tertiary/aromatic N) is 4. The van der Waals surface area contributed by atoms with E-state index in [0.29, 0.717) is 10.3 Å². The molecule has 0 atom stereocenters. The number of thioether (sulfide) groups is 1. The number of aryl methyl sites for hydroxylation is 2. The predicted molar refractivity (Wildman–Crippen MR) is 142 cm³/mol. The molecule has 0 aliphatic carbocycles. The van der Waals surface area contributed by atoms with Gasteiger partial charge in [0.15, 0.2) is 16.7 Å². The molecule has 188 valence electrons. The Labute approximate surface area is 220 Å². The van der Waals surface area contributed by atoms with Crippen LogP contribution in [0, 0.1) is 13.8 Å². The first kappa shape index (κ1) is 24.7. The van der Waals surface area contributed by atoms with E-state index in [9.17, 15) is 4.79 Å². The lowest BCUT2D eigenvalue weighted by Crippen LogP contribution is -2.46. The van der Waals surface area contributed by atoms with Crippen LogP contribution < -0.4 is 19.7 Å². The molecule has 3 aromatic rings. The second-order valence-corrected chi connectivity index (χ2v) is 10.2. The van der Waals surface area contributed by atoms with Crippen LogP contribution in [0.4, 0.5) is 11.5 Å². The third-order valence-corrected chi connectivity index (χ3v) is 7.36. The van der Waals surface area contributed by atoms with Crippen LogP contribution in [-0.4, -0.2) is 59.5 Å². The summed E-state index contributed by atoms with van der Waals surface area (Å²) in [5.41, 5.74) is 4.32. The fourth-order valence-corrected chi connectivity index (χ4v) is 5.07. The Morgan fingerprint density at radius 3 is 2.61 bits per heavy atom. The third kappa shape index (κ3) is 6.03. The quantitative estimate of drug-likeness (QED) is 0.274. The number of piperazine rings is 1. The number of hydrogen-bond donors (Lipinski definition) is 1. The highest BCUT2D eigenvalue weighted by Crippen LogP contribution is 2.33. The maximum Gasteiger partial charge on any atom is 0.234 e. The Hall–Kier alpha value is -3.01. The number of carbonyl (C=O) groups excluding carboxylic acids is 1. The van der Waals surface area contributed by atoms with Gasteiger partial charge < -0.3 is 19.7 Å². The number of rotatable bonds is 7. The Morgan fingerprint density at radius 1 is 1.00 bits per heavy atom. The van der Waals surface area contributed by atoms with Crippen LogP contribution in [0.5, 0.6) is 11.5 Å². The van der Waals surface area contributed by atoms with Crippen LogP contribution in [0.25, 0.3) is 0 Å². The molecule has 36 heavy (non-hydrogen) atoms. The lowest BCUT2D eigenvalue weighted by Gasteiger charge is -2.35. The number of benzene rings is 2. The smallest absolute Gasteiger partial charge is 0.234 e. The van der Waals surface area contributed by atoms with Crippen molar-refractivity contribution in [3.05, 3.63) is 64.3 Å². The van der Waals surface area contributed by atoms with Crippen molar-refractivity contribution in [3.8, 4) is 11.5 Å². The summed E-state index contributed by atoms with van der Waals surface area (Å²) < 4.78 is 10.9. The fourth-order valence-electron chi connectivity index (χ4n) is 4.19. The van der Waals surface area contributed by atoms with E-state index in [2.05, 4.69) is 37.2 Å². The van der Waals surface area contributed by atoms with Gasteiger partial charge in [-0.3, -0.25) is 9.69 Å². The Kier molecular flexibility index (Phi) is 7.50. The number of amides is 1. The topological polar surface area (TPSA) is 79.8 Å². The molecule has 2 aliphatic heterocycles. The van der Waals surface area contributed by atoms with Crippen molar-refractivity contribution < 1.29 is 14.3 Å². The third-order valence-electron chi connectivity index (χ3n) is 6.32. The molecule has 10 heteroatoms. The summed E-state index contributed by atoms with van der Waals surface area (Å²) in [6.45, 7) is 8.67. The van der Waals surface area contributed by atoms with Crippen LogP contribution >= 0.6 is 23.4 Å². The van der Waals surface area contributed by atoms with Gasteiger partial charge >= 0.3 is 0 Å². The Morgan fingerprint density at radius 2 is 1.81 bits per heavy atom. The minimum absolute atomic E-state index is 0.106. The highest BCUT2D eigenvalue weighted by molar-refractivity contribution is 7.99. The largest absolute Gasteiger partial charge is 0.454 e. The SMILES string of the molecule is Cc1ccc(NC(=O)CSc2nc(Cl)cc(N3CCN(Cc4ccc5c(c4)OCO5)CC3)n2)cc1C. The average Bonchev–Trinajstić information content (AvgIpc) is 3.33. The molecule has 0 bridgehead atoms. The highest BCUT2D eigenvalue weighted by Gasteiger charge is 2.21. The number of carbonyl (C=O) groups is 1. The van der Waals surface area contributed by atoms with Crippen molar-refractivity contribution in [2.24, 2.45) is 0 Å². The normalized spacial score (nSPS) is 15.2. The lowest BCUT2D eigenvalue weighted by atomic mass is 10.1. The lowest BCUT2D eigenvalue weighted by molar-refractivity contribution is -0.113. The van der Waals surface area contributed by atoms with Gasteiger partial charge in [-0.15, -0.1) is 0 Å². The second-order valence-electron chi connectivity index (χ2n) is 8.92. The zero-order chi connectivity index (χ0) is 25.1. The maximum atomic E-state index is 12.5. The van der Waals surface area contributed by atoms with Crippen molar-refractivity contribution in [2.45, 2.75) is 25.5 Å². The molecular formula is C26H28ClN5O3S. The molecule has 1 amide bonds. The van der Waals surface area contributed by atoms with Gasteiger partial charge in [-0.25, -0.2) is 9.97 Å². The summed E-state index contributed by atoms with van der Waals surface area (Å²) in [5, 5.41) is 3.80. The van der Waals surface area contributed by atoms with Gasteiger partial charge in [-0.05, 0) is 54.8 Å². The van der Waals surface area contributed by atoms with Crippen LogP contribution in [-0.2, 0) is 11.3 Å². The predicted octanol–water partition coefficient (Wildman–Crippen LogP) is 4.53. The minimum atomic E-state index is -0.106. The zero-order valence-electron chi connectivity index (χ0n) is 20.3. The van der Waals surface area contributed by atoms with Crippen molar-refractivity contribution in [3.63, 3.8) is 0 Å². The number of hydrogen-bond acceptors (Lipinski definition) is 8. The van der Waals surface area contributed by atoms with E-state index >= 15 is 0 Å². The molecule has 0 saturated carbocycles. The number of fused-ring (bicyclic) bond motifs is 1. The number of anilines is 2. The summed E-state index contributed by atoms with van der Waals surface area (Å²) in [4.78, 5) is 26.1. The van der Waals surface area contributed by atoms with Crippen LogP contribution in [0.1, 0.15) is 16.7 Å². The average molecular weight is 526 g/mol. The van der Waals surface area contributed by atoms with Gasteiger partial charge in [-0.1, -0.05) is 35.5 Å². The number of aromatic nitrogens is 2. The molecule has 0 radical (unpaired) electrons. The summed E-state index contributed by atoms with van der Waals surface area (Å²) >= 11 is 7.59. The monoisotopic (exact) mass is 525 g/mol. The van der Waals surface area contributed by atoms with E-state index in [0.717, 1.165) is 61.3 Å². The zero-order valence-corrected chi connectivity index (χ0v) is 21.9. The highest BCUT2D eigenvalue weighted by atomic mass is 35.5. The molecule has 0 unspecified atom stereocenters. The molecule has 1 fully saturated rings. The Bertz CT molecular complexity index is 1270. The van der Waals surface area contributed by atoms with Crippen molar-refractivity contribution in [1.82, 2.24) is 14.9 Å². The summed E-state index contributed by atoms with van der Waals surface area (Å²) in [6.07, 6.45) is 0. The van der Waals surface area contributed by atoms with Crippen LogP contribution in [0.15, 0.2) is 47.6 Å². The van der Waals surface area contributed by atoms with Gasteiger partial charge in [0.1, 0.15) is 11.0 Å². The van der Waals surface area contributed by atoms with E-state index < -0.39 is 0 Å². The minimum Gasteiger partial charge on any atom is -0.454 e. The molecule has 3 heterocycles. The van der Waals surface area contributed by atoms with Crippen molar-refractivity contribution in [2.75, 3.05) is 48.9 Å². The summed E-state index contributed by atoms with van der Waals surface area (Å²) in [5.74, 6) is 2.51. The van der Waals surface area contributed by atoms with E-state index in [1.165, 1.54) is 22.9 Å². The first-order valence-electron chi connectivity index (χ1n) is 11.8. The van der Waals surface area contributed by atoms with Crippen LogP contribution in [0.3, 0.4) is 0 Å². The van der Waals surface area contributed by atoms with Crippen molar-refractivity contribution in [1.29, 1.82) is 0 Å². The molecule has 0 spiro atoms. The van der Waals surface area contributed by atoms with E-state index in [1.54, 1.807) is 6.07 Å². The maximum absolute atomic E-state index is 12.5. The molecule has 2 aliphatic rings. The van der Waals surface area contributed by atoms with E-state index in [4.69, 9.17) is 21.1 Å². The standard InChI is InChI=1S/C26H28ClN5O3S/c1-17-3-5-20(11-18(17)2)28-25(33)15-36-26-29-23(27)13-24(30-26)32-9-7-31(8-10-32)14-19-4-6-21-22(12-19)35-16-34-21/h3-6,11-13H,7-10,14-16H2,1-2H3,(H,28,33). The van der Waals surface area contributed by atoms with E-state index in [-0.39, 0.29) is 18.5 Å². The fraction of sp³-hybridized carbons (Fsp3) is 0.346.